The highest BCUT2D eigenvalue weighted by Crippen LogP contribution is 2.19. The molecule has 0 aliphatic heterocycles. The Hall–Kier alpha value is -1.51. The average molecular weight is 277 g/mol. The first-order chi connectivity index (χ1) is 9.19. The molecule has 1 unspecified atom stereocenters. The maximum Gasteiger partial charge on any atom is 0.119 e. The van der Waals surface area contributed by atoms with E-state index in [9.17, 15) is 5.11 Å². The zero-order valence-corrected chi connectivity index (χ0v) is 11.6. The molecular formula is C16H17ClO2. The predicted octanol–water partition coefficient (Wildman–Crippen LogP) is 4.01. The van der Waals surface area contributed by atoms with Crippen LogP contribution >= 0.6 is 11.6 Å². The molecule has 0 heterocycles. The standard InChI is InChI=1S/C16H17ClO2/c1-2-12-4-3-5-15(10-12)19-11-16(18)13-6-8-14(17)9-7-13/h3-10,16,18H,2,11H2,1H3. The number of hydrogen-bond acceptors (Lipinski definition) is 2. The van der Waals surface area contributed by atoms with Crippen molar-refractivity contribution in [1.29, 1.82) is 0 Å². The van der Waals surface area contributed by atoms with Crippen molar-refractivity contribution in [3.8, 4) is 5.75 Å². The Morgan fingerprint density at radius 1 is 1.16 bits per heavy atom. The number of benzene rings is 2. The second-order valence-corrected chi connectivity index (χ2v) is 4.82. The number of ether oxygens (including phenoxy) is 1. The van der Waals surface area contributed by atoms with Crippen LogP contribution in [0.2, 0.25) is 5.02 Å². The van der Waals surface area contributed by atoms with Crippen molar-refractivity contribution in [2.24, 2.45) is 0 Å². The first kappa shape index (κ1) is 13.9. The van der Waals surface area contributed by atoms with Gasteiger partial charge >= 0.3 is 0 Å². The second kappa shape index (κ2) is 6.60. The van der Waals surface area contributed by atoms with E-state index in [1.54, 1.807) is 24.3 Å². The van der Waals surface area contributed by atoms with Crippen molar-refractivity contribution in [3.63, 3.8) is 0 Å². The van der Waals surface area contributed by atoms with Gasteiger partial charge < -0.3 is 9.84 Å². The summed E-state index contributed by atoms with van der Waals surface area (Å²) in [5, 5.41) is 10.7. The van der Waals surface area contributed by atoms with E-state index >= 15 is 0 Å². The largest absolute Gasteiger partial charge is 0.491 e. The van der Waals surface area contributed by atoms with E-state index in [1.165, 1.54) is 5.56 Å². The maximum atomic E-state index is 10.0. The normalized spacial score (nSPS) is 12.2. The third-order valence-corrected chi connectivity index (χ3v) is 3.22. The molecule has 0 fully saturated rings. The molecule has 0 radical (unpaired) electrons. The van der Waals surface area contributed by atoms with E-state index < -0.39 is 6.10 Å². The van der Waals surface area contributed by atoms with Gasteiger partial charge in [0.2, 0.25) is 0 Å². The minimum absolute atomic E-state index is 0.231. The highest BCUT2D eigenvalue weighted by molar-refractivity contribution is 6.30. The molecule has 0 aromatic heterocycles. The van der Waals surface area contributed by atoms with E-state index in [1.807, 2.05) is 18.2 Å². The van der Waals surface area contributed by atoms with E-state index in [0.29, 0.717) is 5.02 Å². The summed E-state index contributed by atoms with van der Waals surface area (Å²) in [6.07, 6.45) is 0.319. The highest BCUT2D eigenvalue weighted by Gasteiger charge is 2.08. The van der Waals surface area contributed by atoms with Gasteiger partial charge in [0.25, 0.3) is 0 Å². The number of aryl methyl sites for hydroxylation is 1. The van der Waals surface area contributed by atoms with Gasteiger partial charge in [0.15, 0.2) is 0 Å². The smallest absolute Gasteiger partial charge is 0.119 e. The molecule has 2 aromatic carbocycles. The lowest BCUT2D eigenvalue weighted by Crippen LogP contribution is -2.09. The lowest BCUT2D eigenvalue weighted by atomic mass is 10.1. The van der Waals surface area contributed by atoms with Crippen molar-refractivity contribution >= 4 is 11.6 Å². The van der Waals surface area contributed by atoms with Crippen LogP contribution in [0.3, 0.4) is 0 Å². The predicted molar refractivity (Wildman–Crippen MR) is 77.7 cm³/mol. The van der Waals surface area contributed by atoms with Gasteiger partial charge in [0, 0.05) is 5.02 Å². The summed E-state index contributed by atoms with van der Waals surface area (Å²) in [6, 6.07) is 15.0. The van der Waals surface area contributed by atoms with Gasteiger partial charge in [-0.3, -0.25) is 0 Å². The van der Waals surface area contributed by atoms with Crippen LogP contribution in [0.25, 0.3) is 0 Å². The number of aliphatic hydroxyl groups excluding tert-OH is 1. The summed E-state index contributed by atoms with van der Waals surface area (Å²) in [7, 11) is 0. The van der Waals surface area contributed by atoms with Crippen LogP contribution in [-0.4, -0.2) is 11.7 Å². The third kappa shape index (κ3) is 3.98. The highest BCUT2D eigenvalue weighted by atomic mass is 35.5. The van der Waals surface area contributed by atoms with Crippen molar-refractivity contribution in [1.82, 2.24) is 0 Å². The van der Waals surface area contributed by atoms with Crippen LogP contribution in [0.4, 0.5) is 0 Å². The van der Waals surface area contributed by atoms with Crippen molar-refractivity contribution in [2.45, 2.75) is 19.4 Å². The Balaban J connectivity index is 1.96. The van der Waals surface area contributed by atoms with Crippen LogP contribution < -0.4 is 4.74 Å². The van der Waals surface area contributed by atoms with Crippen LogP contribution in [-0.2, 0) is 6.42 Å². The molecule has 2 nitrogen and oxygen atoms in total. The molecule has 0 bridgehead atoms. The van der Waals surface area contributed by atoms with Gasteiger partial charge in [0.1, 0.15) is 18.5 Å². The molecule has 1 N–H and O–H groups in total. The van der Waals surface area contributed by atoms with Crippen LogP contribution in [0.1, 0.15) is 24.2 Å². The lowest BCUT2D eigenvalue weighted by Gasteiger charge is -2.13. The fraction of sp³-hybridized carbons (Fsp3) is 0.250. The summed E-state index contributed by atoms with van der Waals surface area (Å²) < 4.78 is 5.61. The topological polar surface area (TPSA) is 29.5 Å². The summed E-state index contributed by atoms with van der Waals surface area (Å²) in [5.74, 6) is 0.785. The minimum Gasteiger partial charge on any atom is -0.491 e. The van der Waals surface area contributed by atoms with Crippen molar-refractivity contribution < 1.29 is 9.84 Å². The summed E-state index contributed by atoms with van der Waals surface area (Å²) in [5.41, 5.74) is 2.02. The quantitative estimate of drug-likeness (QED) is 0.894. The molecule has 0 saturated carbocycles. The minimum atomic E-state index is -0.650. The Bertz CT molecular complexity index is 523. The van der Waals surface area contributed by atoms with Crippen LogP contribution in [0.5, 0.6) is 5.75 Å². The Morgan fingerprint density at radius 2 is 1.89 bits per heavy atom. The van der Waals surface area contributed by atoms with Crippen molar-refractivity contribution in [3.05, 3.63) is 64.7 Å². The average Bonchev–Trinajstić information content (AvgIpc) is 2.46. The zero-order valence-electron chi connectivity index (χ0n) is 10.8. The van der Waals surface area contributed by atoms with Crippen LogP contribution in [0, 0.1) is 0 Å². The van der Waals surface area contributed by atoms with E-state index in [2.05, 4.69) is 13.0 Å². The summed E-state index contributed by atoms with van der Waals surface area (Å²) in [6.45, 7) is 2.33. The summed E-state index contributed by atoms with van der Waals surface area (Å²) in [4.78, 5) is 0. The van der Waals surface area contributed by atoms with E-state index in [4.69, 9.17) is 16.3 Å². The third-order valence-electron chi connectivity index (χ3n) is 2.97. The lowest BCUT2D eigenvalue weighted by molar-refractivity contribution is 0.108. The molecule has 2 rings (SSSR count). The number of aliphatic hydroxyl groups is 1. The molecule has 0 aliphatic rings. The zero-order chi connectivity index (χ0) is 13.7. The van der Waals surface area contributed by atoms with E-state index in [-0.39, 0.29) is 6.61 Å². The number of halogens is 1. The fourth-order valence-corrected chi connectivity index (χ4v) is 1.94. The van der Waals surface area contributed by atoms with E-state index in [0.717, 1.165) is 17.7 Å². The Kier molecular flexibility index (Phi) is 4.83. The fourth-order valence-electron chi connectivity index (χ4n) is 1.81. The first-order valence-corrected chi connectivity index (χ1v) is 6.72. The van der Waals surface area contributed by atoms with Gasteiger partial charge in [-0.05, 0) is 41.8 Å². The van der Waals surface area contributed by atoms with Gasteiger partial charge in [0.05, 0.1) is 0 Å². The SMILES string of the molecule is CCc1cccc(OCC(O)c2ccc(Cl)cc2)c1. The van der Waals surface area contributed by atoms with Gasteiger partial charge in [-0.15, -0.1) is 0 Å². The van der Waals surface area contributed by atoms with Gasteiger partial charge in [-0.2, -0.15) is 0 Å². The molecule has 2 aromatic rings. The molecule has 19 heavy (non-hydrogen) atoms. The first-order valence-electron chi connectivity index (χ1n) is 6.34. The molecule has 0 spiro atoms. The molecule has 1 atom stereocenters. The molecule has 0 amide bonds. The summed E-state index contributed by atoms with van der Waals surface area (Å²) >= 11 is 5.81. The number of rotatable bonds is 5. The van der Waals surface area contributed by atoms with Gasteiger partial charge in [-0.1, -0.05) is 42.8 Å². The second-order valence-electron chi connectivity index (χ2n) is 4.38. The molecule has 0 saturated heterocycles. The van der Waals surface area contributed by atoms with Crippen LogP contribution in [0.15, 0.2) is 48.5 Å². The van der Waals surface area contributed by atoms with Crippen molar-refractivity contribution in [2.75, 3.05) is 6.61 Å². The Labute approximate surface area is 118 Å². The molecule has 3 heteroatoms. The maximum absolute atomic E-state index is 10.0. The number of hydrogen-bond donors (Lipinski definition) is 1. The Morgan fingerprint density at radius 3 is 2.58 bits per heavy atom. The molecule has 0 aliphatic carbocycles. The van der Waals surface area contributed by atoms with Gasteiger partial charge in [-0.25, -0.2) is 0 Å². The monoisotopic (exact) mass is 276 g/mol. The molecule has 100 valence electrons. The molecular weight excluding hydrogens is 260 g/mol.